The van der Waals surface area contributed by atoms with Gasteiger partial charge in [0.2, 0.25) is 5.91 Å². The Bertz CT molecular complexity index is 572. The van der Waals surface area contributed by atoms with Crippen LogP contribution in [0.5, 0.6) is 0 Å². The van der Waals surface area contributed by atoms with Crippen molar-refractivity contribution in [3.05, 3.63) is 36.7 Å². The maximum atomic E-state index is 11.2. The molecule has 1 heterocycles. The number of nitrogens with one attached hydrogen (secondary N) is 1. The highest BCUT2D eigenvalue weighted by Gasteiger charge is 2.06. The summed E-state index contributed by atoms with van der Waals surface area (Å²) in [5.74, 6) is 0.517. The van der Waals surface area contributed by atoms with Crippen molar-refractivity contribution in [2.45, 2.75) is 26.2 Å². The summed E-state index contributed by atoms with van der Waals surface area (Å²) in [5.41, 5.74) is 2.21. The lowest BCUT2D eigenvalue weighted by molar-refractivity contribution is -0.111. The second-order valence-electron chi connectivity index (χ2n) is 4.09. The van der Waals surface area contributed by atoms with Gasteiger partial charge in [-0.2, -0.15) is 0 Å². The molecule has 0 bridgehead atoms. The number of carbonyl (C=O) groups excluding carboxylic acids is 1. The number of benzene rings is 1. The molecule has 1 aromatic heterocycles. The van der Waals surface area contributed by atoms with Crippen LogP contribution in [-0.4, -0.2) is 10.9 Å². The molecule has 0 fully saturated rings. The monoisotopic (exact) mass is 244 g/mol. The van der Waals surface area contributed by atoms with Crippen LogP contribution in [0, 0.1) is 0 Å². The Kier molecular flexibility index (Phi) is 3.77. The molecule has 4 heteroatoms. The molecule has 0 spiro atoms. The van der Waals surface area contributed by atoms with E-state index < -0.39 is 0 Å². The summed E-state index contributed by atoms with van der Waals surface area (Å²) in [6, 6.07) is 5.41. The molecule has 0 radical (unpaired) electrons. The average Bonchev–Trinajstić information content (AvgIpc) is 2.78. The largest absolute Gasteiger partial charge is 0.441 e. The van der Waals surface area contributed by atoms with E-state index in [-0.39, 0.29) is 5.91 Å². The van der Waals surface area contributed by atoms with Crippen LogP contribution < -0.4 is 5.32 Å². The van der Waals surface area contributed by atoms with Gasteiger partial charge in [0.05, 0.1) is 0 Å². The van der Waals surface area contributed by atoms with Crippen molar-refractivity contribution < 1.29 is 9.21 Å². The maximum Gasteiger partial charge on any atom is 0.247 e. The van der Waals surface area contributed by atoms with Gasteiger partial charge in [-0.3, -0.25) is 4.79 Å². The zero-order chi connectivity index (χ0) is 13.0. The summed E-state index contributed by atoms with van der Waals surface area (Å²) < 4.78 is 5.61. The Hall–Kier alpha value is -2.10. The fraction of sp³-hybridized carbons (Fsp3) is 0.286. The van der Waals surface area contributed by atoms with E-state index in [0.717, 1.165) is 36.3 Å². The molecule has 1 amide bonds. The van der Waals surface area contributed by atoms with E-state index in [9.17, 15) is 4.79 Å². The Balaban J connectivity index is 2.22. The van der Waals surface area contributed by atoms with Crippen molar-refractivity contribution in [1.29, 1.82) is 0 Å². The van der Waals surface area contributed by atoms with Crippen molar-refractivity contribution in [3.63, 3.8) is 0 Å². The minimum atomic E-state index is -0.232. The van der Waals surface area contributed by atoms with Crippen LogP contribution in [0.3, 0.4) is 0 Å². The van der Waals surface area contributed by atoms with Crippen LogP contribution in [0.1, 0.15) is 25.7 Å². The van der Waals surface area contributed by atoms with E-state index in [1.807, 2.05) is 6.07 Å². The molecule has 2 aromatic rings. The van der Waals surface area contributed by atoms with Gasteiger partial charge < -0.3 is 9.73 Å². The molecule has 94 valence electrons. The first-order chi connectivity index (χ1) is 8.72. The van der Waals surface area contributed by atoms with Crippen LogP contribution >= 0.6 is 0 Å². The van der Waals surface area contributed by atoms with E-state index in [2.05, 4.69) is 23.8 Å². The molecule has 0 saturated heterocycles. The lowest BCUT2D eigenvalue weighted by Gasteiger charge is -2.00. The fourth-order valence-corrected chi connectivity index (χ4v) is 1.68. The van der Waals surface area contributed by atoms with Gasteiger partial charge >= 0.3 is 0 Å². The summed E-state index contributed by atoms with van der Waals surface area (Å²) in [6.07, 6.45) is 4.26. The van der Waals surface area contributed by atoms with E-state index in [0.29, 0.717) is 5.69 Å². The second-order valence-corrected chi connectivity index (χ2v) is 4.09. The summed E-state index contributed by atoms with van der Waals surface area (Å²) >= 11 is 0. The number of amides is 1. The molecule has 1 aromatic carbocycles. The van der Waals surface area contributed by atoms with E-state index in [1.165, 1.54) is 6.08 Å². The first-order valence-corrected chi connectivity index (χ1v) is 6.06. The van der Waals surface area contributed by atoms with Gasteiger partial charge in [-0.15, -0.1) is 0 Å². The molecule has 0 atom stereocenters. The zero-order valence-corrected chi connectivity index (χ0v) is 10.4. The van der Waals surface area contributed by atoms with Crippen LogP contribution in [0.25, 0.3) is 11.1 Å². The number of hydrogen-bond donors (Lipinski definition) is 1. The third kappa shape index (κ3) is 2.77. The zero-order valence-electron chi connectivity index (χ0n) is 10.4. The number of unbranched alkanes of at least 4 members (excludes halogenated alkanes) is 1. The summed E-state index contributed by atoms with van der Waals surface area (Å²) in [7, 11) is 0. The SMILES string of the molecule is C=CC(=O)Nc1ccc2oc(CCCC)nc2c1. The highest BCUT2D eigenvalue weighted by Crippen LogP contribution is 2.20. The minimum absolute atomic E-state index is 0.232. The number of aryl methyl sites for hydroxylation is 1. The first-order valence-electron chi connectivity index (χ1n) is 6.06. The summed E-state index contributed by atoms with van der Waals surface area (Å²) in [6.45, 7) is 5.54. The van der Waals surface area contributed by atoms with Crippen molar-refractivity contribution >= 4 is 22.7 Å². The van der Waals surface area contributed by atoms with Gasteiger partial charge in [-0.05, 0) is 30.7 Å². The Labute approximate surface area is 106 Å². The summed E-state index contributed by atoms with van der Waals surface area (Å²) in [5, 5.41) is 2.70. The van der Waals surface area contributed by atoms with Crippen LogP contribution in [-0.2, 0) is 11.2 Å². The van der Waals surface area contributed by atoms with Crippen molar-refractivity contribution in [2.75, 3.05) is 5.32 Å². The van der Waals surface area contributed by atoms with Crippen LogP contribution in [0.2, 0.25) is 0 Å². The molecule has 0 aliphatic heterocycles. The van der Waals surface area contributed by atoms with Crippen molar-refractivity contribution in [1.82, 2.24) is 4.98 Å². The molecule has 0 saturated carbocycles. The molecule has 1 N–H and O–H groups in total. The molecule has 18 heavy (non-hydrogen) atoms. The average molecular weight is 244 g/mol. The molecule has 0 aliphatic carbocycles. The third-order valence-corrected chi connectivity index (χ3v) is 2.63. The molecule has 4 nitrogen and oxygen atoms in total. The topological polar surface area (TPSA) is 55.1 Å². The highest BCUT2D eigenvalue weighted by atomic mass is 16.3. The predicted molar refractivity (Wildman–Crippen MR) is 71.4 cm³/mol. The number of aromatic nitrogens is 1. The Morgan fingerprint density at radius 1 is 1.56 bits per heavy atom. The molecular weight excluding hydrogens is 228 g/mol. The number of rotatable bonds is 5. The minimum Gasteiger partial charge on any atom is -0.441 e. The van der Waals surface area contributed by atoms with E-state index in [1.54, 1.807) is 12.1 Å². The lowest BCUT2D eigenvalue weighted by atomic mass is 10.2. The fourth-order valence-electron chi connectivity index (χ4n) is 1.68. The number of oxazole rings is 1. The van der Waals surface area contributed by atoms with Crippen LogP contribution in [0.4, 0.5) is 5.69 Å². The Morgan fingerprint density at radius 2 is 2.39 bits per heavy atom. The maximum absolute atomic E-state index is 11.2. The van der Waals surface area contributed by atoms with Crippen molar-refractivity contribution in [2.24, 2.45) is 0 Å². The molecular formula is C14H16N2O2. The van der Waals surface area contributed by atoms with E-state index >= 15 is 0 Å². The van der Waals surface area contributed by atoms with Gasteiger partial charge in [0.25, 0.3) is 0 Å². The highest BCUT2D eigenvalue weighted by molar-refractivity contribution is 5.99. The Morgan fingerprint density at radius 3 is 3.11 bits per heavy atom. The third-order valence-electron chi connectivity index (χ3n) is 2.63. The lowest BCUT2D eigenvalue weighted by Crippen LogP contribution is -2.06. The van der Waals surface area contributed by atoms with Crippen molar-refractivity contribution in [3.8, 4) is 0 Å². The number of nitrogens with zero attached hydrogens (tertiary/aromatic N) is 1. The van der Waals surface area contributed by atoms with E-state index in [4.69, 9.17) is 4.42 Å². The quantitative estimate of drug-likeness (QED) is 0.821. The normalized spacial score (nSPS) is 10.5. The van der Waals surface area contributed by atoms with Gasteiger partial charge in [0.1, 0.15) is 5.52 Å². The van der Waals surface area contributed by atoms with Crippen LogP contribution in [0.15, 0.2) is 35.3 Å². The summed E-state index contributed by atoms with van der Waals surface area (Å²) in [4.78, 5) is 15.6. The second kappa shape index (κ2) is 5.49. The predicted octanol–water partition coefficient (Wildman–Crippen LogP) is 3.29. The number of anilines is 1. The van der Waals surface area contributed by atoms with Gasteiger partial charge in [0, 0.05) is 12.1 Å². The number of fused-ring (bicyclic) bond motifs is 1. The number of carbonyl (C=O) groups is 1. The standard InChI is InChI=1S/C14H16N2O2/c1-3-5-6-14-16-11-9-10(15-13(17)4-2)7-8-12(11)18-14/h4,7-9H,2-3,5-6H2,1H3,(H,15,17). The molecule has 2 rings (SSSR count). The number of hydrogen-bond acceptors (Lipinski definition) is 3. The van der Waals surface area contributed by atoms with Gasteiger partial charge in [-0.1, -0.05) is 19.9 Å². The molecule has 0 unspecified atom stereocenters. The first kappa shape index (κ1) is 12.4. The molecule has 0 aliphatic rings. The van der Waals surface area contributed by atoms with Gasteiger partial charge in [0.15, 0.2) is 11.5 Å². The smallest absolute Gasteiger partial charge is 0.247 e. The van der Waals surface area contributed by atoms with Gasteiger partial charge in [-0.25, -0.2) is 4.98 Å².